The number of sulfonamides is 1. The maximum absolute atomic E-state index is 12.0. The molecule has 0 amide bonds. The third-order valence-electron chi connectivity index (χ3n) is 2.64. The van der Waals surface area contributed by atoms with E-state index in [2.05, 4.69) is 0 Å². The Morgan fingerprint density at radius 3 is 2.53 bits per heavy atom. The molecule has 1 saturated carbocycles. The fourth-order valence-corrected chi connectivity index (χ4v) is 3.01. The van der Waals surface area contributed by atoms with Gasteiger partial charge in [-0.15, -0.1) is 0 Å². The van der Waals surface area contributed by atoms with E-state index in [4.69, 9.17) is 5.26 Å². The van der Waals surface area contributed by atoms with E-state index in [9.17, 15) is 8.42 Å². The van der Waals surface area contributed by atoms with Gasteiger partial charge in [0.1, 0.15) is 0 Å². The number of hydrogen-bond acceptors (Lipinski definition) is 3. The summed E-state index contributed by atoms with van der Waals surface area (Å²) in [7, 11) is -3.39. The van der Waals surface area contributed by atoms with Crippen LogP contribution in [0.15, 0.2) is 0 Å². The number of rotatable bonds is 6. The first kappa shape index (κ1) is 12.5. The highest BCUT2D eigenvalue weighted by molar-refractivity contribution is 7.90. The lowest BCUT2D eigenvalue weighted by atomic mass is 10.3. The zero-order chi connectivity index (χ0) is 11.5. The van der Waals surface area contributed by atoms with Gasteiger partial charge in [-0.2, -0.15) is 9.57 Å². The Kier molecular flexibility index (Phi) is 4.12. The molecule has 0 aromatic heterocycles. The Balaban J connectivity index is 2.75. The number of unbranched alkanes of at least 4 members (excludes halogenated alkanes) is 1. The molecule has 1 rings (SSSR count). The maximum atomic E-state index is 12.0. The SMILES string of the molecule is CCCCN(C1CC1)S(=O)(=O)C(C)C#N. The Morgan fingerprint density at radius 2 is 2.13 bits per heavy atom. The molecule has 0 aliphatic heterocycles. The quantitative estimate of drug-likeness (QED) is 0.694. The topological polar surface area (TPSA) is 61.2 Å². The molecular formula is C10H18N2O2S. The van der Waals surface area contributed by atoms with Gasteiger partial charge >= 0.3 is 0 Å². The number of hydrogen-bond donors (Lipinski definition) is 0. The second-order valence-electron chi connectivity index (χ2n) is 4.01. The largest absolute Gasteiger partial charge is 0.230 e. The van der Waals surface area contributed by atoms with Crippen LogP contribution in [-0.2, 0) is 10.0 Å². The predicted molar refractivity (Wildman–Crippen MR) is 58.6 cm³/mol. The van der Waals surface area contributed by atoms with E-state index in [0.717, 1.165) is 25.7 Å². The van der Waals surface area contributed by atoms with Crippen molar-refractivity contribution in [3.8, 4) is 6.07 Å². The molecule has 1 aliphatic carbocycles. The highest BCUT2D eigenvalue weighted by Crippen LogP contribution is 2.30. The molecule has 0 heterocycles. The van der Waals surface area contributed by atoms with Crippen LogP contribution in [0.4, 0.5) is 0 Å². The average molecular weight is 230 g/mol. The fourth-order valence-electron chi connectivity index (χ4n) is 1.46. The molecule has 5 heteroatoms. The van der Waals surface area contributed by atoms with Crippen LogP contribution in [0.25, 0.3) is 0 Å². The van der Waals surface area contributed by atoms with Crippen LogP contribution in [0.1, 0.15) is 39.5 Å². The third kappa shape index (κ3) is 2.93. The van der Waals surface area contributed by atoms with E-state index in [1.807, 2.05) is 13.0 Å². The molecule has 0 spiro atoms. The summed E-state index contributed by atoms with van der Waals surface area (Å²) in [6, 6.07) is 1.98. The van der Waals surface area contributed by atoms with Gasteiger partial charge in [-0.1, -0.05) is 13.3 Å². The summed E-state index contributed by atoms with van der Waals surface area (Å²) in [4.78, 5) is 0. The second kappa shape index (κ2) is 4.95. The molecule has 1 atom stereocenters. The molecule has 0 aromatic rings. The van der Waals surface area contributed by atoms with E-state index in [1.165, 1.54) is 11.2 Å². The van der Waals surface area contributed by atoms with Gasteiger partial charge in [0, 0.05) is 12.6 Å². The molecule has 0 saturated heterocycles. The first-order valence-electron chi connectivity index (χ1n) is 5.44. The summed E-state index contributed by atoms with van der Waals surface area (Å²) in [5.74, 6) is 0. The van der Waals surface area contributed by atoms with Crippen molar-refractivity contribution in [3.05, 3.63) is 0 Å². The van der Waals surface area contributed by atoms with Crippen molar-refractivity contribution in [2.75, 3.05) is 6.54 Å². The van der Waals surface area contributed by atoms with Gasteiger partial charge in [0.15, 0.2) is 5.25 Å². The lowest BCUT2D eigenvalue weighted by molar-refractivity contribution is 0.393. The monoisotopic (exact) mass is 230 g/mol. The van der Waals surface area contributed by atoms with E-state index in [1.54, 1.807) is 0 Å². The maximum Gasteiger partial charge on any atom is 0.230 e. The zero-order valence-corrected chi connectivity index (χ0v) is 10.1. The van der Waals surface area contributed by atoms with Crippen molar-refractivity contribution in [2.24, 2.45) is 0 Å². The summed E-state index contributed by atoms with van der Waals surface area (Å²) in [5.41, 5.74) is 0. The van der Waals surface area contributed by atoms with Crippen molar-refractivity contribution in [3.63, 3.8) is 0 Å². The Morgan fingerprint density at radius 1 is 1.53 bits per heavy atom. The van der Waals surface area contributed by atoms with Gasteiger partial charge in [-0.05, 0) is 26.2 Å². The molecular weight excluding hydrogens is 212 g/mol. The van der Waals surface area contributed by atoms with Crippen LogP contribution in [0.3, 0.4) is 0 Å². The third-order valence-corrected chi connectivity index (χ3v) is 4.78. The average Bonchev–Trinajstić information content (AvgIpc) is 3.01. The standard InChI is InChI=1S/C10H18N2O2S/c1-3-4-7-12(10-5-6-10)15(13,14)9(2)8-11/h9-10H,3-7H2,1-2H3. The molecule has 4 nitrogen and oxygen atoms in total. The number of nitrogens with zero attached hydrogens (tertiary/aromatic N) is 2. The predicted octanol–water partition coefficient (Wildman–Crippen LogP) is 1.49. The normalized spacial score (nSPS) is 18.8. The molecule has 0 bridgehead atoms. The van der Waals surface area contributed by atoms with Gasteiger partial charge in [-0.3, -0.25) is 0 Å². The van der Waals surface area contributed by atoms with Crippen LogP contribution >= 0.6 is 0 Å². The molecule has 15 heavy (non-hydrogen) atoms. The highest BCUT2D eigenvalue weighted by Gasteiger charge is 2.39. The van der Waals surface area contributed by atoms with Crippen molar-refractivity contribution in [1.29, 1.82) is 5.26 Å². The van der Waals surface area contributed by atoms with Crippen LogP contribution in [0.5, 0.6) is 0 Å². The van der Waals surface area contributed by atoms with Crippen molar-refractivity contribution in [1.82, 2.24) is 4.31 Å². The van der Waals surface area contributed by atoms with Crippen LogP contribution in [-0.4, -0.2) is 30.6 Å². The van der Waals surface area contributed by atoms with Gasteiger partial charge in [0.2, 0.25) is 10.0 Å². The van der Waals surface area contributed by atoms with Crippen LogP contribution in [0, 0.1) is 11.3 Å². The van der Waals surface area contributed by atoms with Crippen molar-refractivity contribution < 1.29 is 8.42 Å². The summed E-state index contributed by atoms with van der Waals surface area (Å²) in [6.45, 7) is 4.05. The van der Waals surface area contributed by atoms with E-state index < -0.39 is 15.3 Å². The molecule has 0 aromatic carbocycles. The summed E-state index contributed by atoms with van der Waals surface area (Å²) < 4.78 is 25.4. The Labute approximate surface area is 91.9 Å². The number of nitriles is 1. The Bertz CT molecular complexity index is 341. The second-order valence-corrected chi connectivity index (χ2v) is 6.22. The fraction of sp³-hybridized carbons (Fsp3) is 0.900. The Hall–Kier alpha value is -0.600. The highest BCUT2D eigenvalue weighted by atomic mass is 32.2. The lowest BCUT2D eigenvalue weighted by Crippen LogP contribution is -2.39. The van der Waals surface area contributed by atoms with Crippen LogP contribution < -0.4 is 0 Å². The molecule has 0 N–H and O–H groups in total. The molecule has 1 unspecified atom stereocenters. The minimum absolute atomic E-state index is 0.164. The van der Waals surface area contributed by atoms with Crippen molar-refractivity contribution in [2.45, 2.75) is 50.8 Å². The minimum atomic E-state index is -3.39. The lowest BCUT2D eigenvalue weighted by Gasteiger charge is -2.22. The van der Waals surface area contributed by atoms with E-state index in [0.29, 0.717) is 6.54 Å². The van der Waals surface area contributed by atoms with Gasteiger partial charge in [-0.25, -0.2) is 8.42 Å². The van der Waals surface area contributed by atoms with E-state index in [-0.39, 0.29) is 6.04 Å². The summed E-state index contributed by atoms with van der Waals surface area (Å²) in [6.07, 6.45) is 3.73. The first-order valence-corrected chi connectivity index (χ1v) is 6.94. The summed E-state index contributed by atoms with van der Waals surface area (Å²) >= 11 is 0. The minimum Gasteiger partial charge on any atom is -0.211 e. The molecule has 86 valence electrons. The van der Waals surface area contributed by atoms with E-state index >= 15 is 0 Å². The zero-order valence-electron chi connectivity index (χ0n) is 9.31. The molecule has 0 radical (unpaired) electrons. The van der Waals surface area contributed by atoms with Gasteiger partial charge in [0.05, 0.1) is 6.07 Å². The van der Waals surface area contributed by atoms with Gasteiger partial charge in [0.25, 0.3) is 0 Å². The first-order chi connectivity index (χ1) is 7.04. The molecule has 1 aliphatic rings. The molecule has 1 fully saturated rings. The van der Waals surface area contributed by atoms with Crippen LogP contribution in [0.2, 0.25) is 0 Å². The van der Waals surface area contributed by atoms with Crippen molar-refractivity contribution >= 4 is 10.0 Å². The summed E-state index contributed by atoms with van der Waals surface area (Å²) in [5, 5.41) is 7.77. The smallest absolute Gasteiger partial charge is 0.211 e. The van der Waals surface area contributed by atoms with Gasteiger partial charge < -0.3 is 0 Å².